The molecule has 5 rings (SSSR count). The Hall–Kier alpha value is -2.25. The van der Waals surface area contributed by atoms with Crippen LogP contribution in [-0.4, -0.2) is 63.0 Å². The fraction of sp³-hybridized carbons (Fsp3) is 0.550. The van der Waals surface area contributed by atoms with E-state index in [1.807, 2.05) is 12.3 Å². The van der Waals surface area contributed by atoms with Gasteiger partial charge in [0.25, 0.3) is 0 Å². The second-order valence-corrected chi connectivity index (χ2v) is 7.77. The van der Waals surface area contributed by atoms with Gasteiger partial charge in [0.2, 0.25) is 0 Å². The highest BCUT2D eigenvalue weighted by Crippen LogP contribution is 2.31. The number of aromatic amines is 1. The Morgan fingerprint density at radius 2 is 1.85 bits per heavy atom. The minimum atomic E-state index is 0.387. The molecule has 0 radical (unpaired) electrons. The van der Waals surface area contributed by atoms with E-state index in [-0.39, 0.29) is 0 Å². The molecule has 142 valence electrons. The van der Waals surface area contributed by atoms with E-state index in [9.17, 15) is 0 Å². The van der Waals surface area contributed by atoms with Crippen LogP contribution in [0.1, 0.15) is 43.5 Å². The summed E-state index contributed by atoms with van der Waals surface area (Å²) in [7, 11) is 2.19. The molecular weight excluding hydrogens is 340 g/mol. The van der Waals surface area contributed by atoms with Crippen molar-refractivity contribution in [2.24, 2.45) is 0 Å². The largest absolute Gasteiger partial charge is 0.381 e. The van der Waals surface area contributed by atoms with Gasteiger partial charge in [0.15, 0.2) is 11.6 Å². The number of likely N-dealkylation sites (tertiary alicyclic amines) is 1. The number of rotatable bonds is 3. The number of nitrogens with one attached hydrogen (secondary N) is 1. The van der Waals surface area contributed by atoms with Crippen LogP contribution in [0.25, 0.3) is 22.6 Å². The third-order valence-corrected chi connectivity index (χ3v) is 5.91. The predicted molar refractivity (Wildman–Crippen MR) is 104 cm³/mol. The molecule has 0 amide bonds. The molecule has 0 saturated carbocycles. The Kier molecular flexibility index (Phi) is 4.41. The Labute approximate surface area is 158 Å². The molecule has 0 unspecified atom stereocenters. The molecule has 2 saturated heterocycles. The number of ether oxygens (including phenoxy) is 1. The first-order valence-corrected chi connectivity index (χ1v) is 9.95. The Morgan fingerprint density at radius 3 is 2.67 bits per heavy atom. The van der Waals surface area contributed by atoms with Crippen LogP contribution in [0.4, 0.5) is 0 Å². The van der Waals surface area contributed by atoms with Crippen LogP contribution in [0.2, 0.25) is 0 Å². The van der Waals surface area contributed by atoms with Crippen molar-refractivity contribution in [3.63, 3.8) is 0 Å². The molecule has 0 atom stereocenters. The number of aromatic nitrogens is 5. The van der Waals surface area contributed by atoms with Crippen LogP contribution in [0.3, 0.4) is 0 Å². The summed E-state index contributed by atoms with van der Waals surface area (Å²) in [6.45, 7) is 3.80. The fourth-order valence-electron chi connectivity index (χ4n) is 4.19. The lowest BCUT2D eigenvalue weighted by Gasteiger charge is -2.29. The molecule has 0 aliphatic carbocycles. The Balaban J connectivity index is 1.55. The first-order chi connectivity index (χ1) is 13.3. The molecular formula is C20H26N6O. The maximum absolute atomic E-state index is 5.53. The molecule has 3 aromatic heterocycles. The van der Waals surface area contributed by atoms with Crippen LogP contribution < -0.4 is 0 Å². The maximum atomic E-state index is 5.53. The maximum Gasteiger partial charge on any atom is 0.177 e. The van der Waals surface area contributed by atoms with Gasteiger partial charge in [0, 0.05) is 30.7 Å². The fourth-order valence-corrected chi connectivity index (χ4v) is 4.19. The van der Waals surface area contributed by atoms with Gasteiger partial charge in [-0.15, -0.1) is 0 Å². The highest BCUT2D eigenvalue weighted by atomic mass is 16.5. The summed E-state index contributed by atoms with van der Waals surface area (Å²) in [5.74, 6) is 2.25. The van der Waals surface area contributed by atoms with Crippen LogP contribution in [0.15, 0.2) is 24.4 Å². The quantitative estimate of drug-likeness (QED) is 0.771. The average molecular weight is 366 g/mol. The first-order valence-electron chi connectivity index (χ1n) is 9.95. The predicted octanol–water partition coefficient (Wildman–Crippen LogP) is 2.98. The highest BCUT2D eigenvalue weighted by Gasteiger charge is 2.27. The van der Waals surface area contributed by atoms with Gasteiger partial charge >= 0.3 is 0 Å². The van der Waals surface area contributed by atoms with Crippen LogP contribution in [-0.2, 0) is 4.74 Å². The second kappa shape index (κ2) is 7.05. The van der Waals surface area contributed by atoms with Gasteiger partial charge in [-0.3, -0.25) is 0 Å². The van der Waals surface area contributed by atoms with Crippen LogP contribution >= 0.6 is 0 Å². The van der Waals surface area contributed by atoms with Gasteiger partial charge in [-0.25, -0.2) is 14.6 Å². The summed E-state index contributed by atoms with van der Waals surface area (Å²) in [4.78, 5) is 15.4. The van der Waals surface area contributed by atoms with E-state index in [0.717, 1.165) is 80.4 Å². The van der Waals surface area contributed by atoms with Gasteiger partial charge in [0.05, 0.1) is 6.04 Å². The van der Waals surface area contributed by atoms with E-state index in [2.05, 4.69) is 33.7 Å². The van der Waals surface area contributed by atoms with Crippen molar-refractivity contribution in [1.29, 1.82) is 0 Å². The molecule has 2 aliphatic rings. The minimum absolute atomic E-state index is 0.387. The smallest absolute Gasteiger partial charge is 0.177 e. The molecule has 3 aromatic rings. The molecule has 0 bridgehead atoms. The normalized spacial score (nSPS) is 20.5. The molecule has 7 nitrogen and oxygen atoms in total. The summed E-state index contributed by atoms with van der Waals surface area (Å²) in [6, 6.07) is 6.61. The standard InChI is InChI=1S/C20H26N6O/c1-25-10-5-16(6-11-25)26-20(17-3-2-14-4-9-21-18(14)22-17)23-19(24-26)15-7-12-27-13-8-15/h2-4,9,15-16H,5-8,10-13H2,1H3,(H,21,22). The molecule has 5 heterocycles. The van der Waals surface area contributed by atoms with E-state index in [1.54, 1.807) is 0 Å². The summed E-state index contributed by atoms with van der Waals surface area (Å²) in [6.07, 6.45) is 6.13. The lowest BCUT2D eigenvalue weighted by Crippen LogP contribution is -2.32. The van der Waals surface area contributed by atoms with Gasteiger partial charge in [0.1, 0.15) is 11.3 Å². The van der Waals surface area contributed by atoms with Crippen molar-refractivity contribution >= 4 is 11.0 Å². The number of H-pyrrole nitrogens is 1. The molecule has 0 aromatic carbocycles. The summed E-state index contributed by atoms with van der Waals surface area (Å²) in [5, 5.41) is 6.13. The zero-order valence-corrected chi connectivity index (χ0v) is 15.8. The summed E-state index contributed by atoms with van der Waals surface area (Å²) >= 11 is 0. The van der Waals surface area contributed by atoms with Crippen molar-refractivity contribution in [2.75, 3.05) is 33.4 Å². The summed E-state index contributed by atoms with van der Waals surface area (Å²) in [5.41, 5.74) is 1.80. The molecule has 2 fully saturated rings. The Bertz CT molecular complexity index is 918. The van der Waals surface area contributed by atoms with E-state index >= 15 is 0 Å². The van der Waals surface area contributed by atoms with Crippen molar-refractivity contribution in [3.05, 3.63) is 30.2 Å². The van der Waals surface area contributed by atoms with E-state index in [1.165, 1.54) is 0 Å². The van der Waals surface area contributed by atoms with Crippen molar-refractivity contribution in [3.8, 4) is 11.5 Å². The van der Waals surface area contributed by atoms with Crippen LogP contribution in [0, 0.1) is 0 Å². The lowest BCUT2D eigenvalue weighted by molar-refractivity contribution is 0.0834. The third-order valence-electron chi connectivity index (χ3n) is 5.91. The molecule has 27 heavy (non-hydrogen) atoms. The van der Waals surface area contributed by atoms with Gasteiger partial charge in [-0.1, -0.05) is 0 Å². The zero-order valence-electron chi connectivity index (χ0n) is 15.8. The first kappa shape index (κ1) is 16.9. The van der Waals surface area contributed by atoms with Crippen LogP contribution in [0.5, 0.6) is 0 Å². The number of fused-ring (bicyclic) bond motifs is 1. The molecule has 1 N–H and O–H groups in total. The van der Waals surface area contributed by atoms with Crippen molar-refractivity contribution < 1.29 is 4.74 Å². The van der Waals surface area contributed by atoms with E-state index in [0.29, 0.717) is 12.0 Å². The topological polar surface area (TPSA) is 71.9 Å². The van der Waals surface area contributed by atoms with Gasteiger partial charge in [-0.05, 0) is 64.0 Å². The lowest BCUT2D eigenvalue weighted by atomic mass is 10.00. The number of nitrogens with zero attached hydrogens (tertiary/aromatic N) is 5. The van der Waals surface area contributed by atoms with E-state index in [4.69, 9.17) is 19.8 Å². The summed E-state index contributed by atoms with van der Waals surface area (Å²) < 4.78 is 7.69. The Morgan fingerprint density at radius 1 is 1.04 bits per heavy atom. The molecule has 2 aliphatic heterocycles. The number of hydrogen-bond donors (Lipinski definition) is 1. The molecule has 0 spiro atoms. The van der Waals surface area contributed by atoms with E-state index < -0.39 is 0 Å². The second-order valence-electron chi connectivity index (χ2n) is 7.77. The number of piperidine rings is 1. The SMILES string of the molecule is CN1CCC(n2nc(C3CCOCC3)nc2-c2ccc3cc[nH]c3n2)CC1. The average Bonchev–Trinajstić information content (AvgIpc) is 3.36. The van der Waals surface area contributed by atoms with Gasteiger partial charge in [-0.2, -0.15) is 5.10 Å². The van der Waals surface area contributed by atoms with Crippen molar-refractivity contribution in [1.82, 2.24) is 29.6 Å². The number of pyridine rings is 1. The highest BCUT2D eigenvalue weighted by molar-refractivity contribution is 5.77. The van der Waals surface area contributed by atoms with Crippen molar-refractivity contribution in [2.45, 2.75) is 37.6 Å². The molecule has 7 heteroatoms. The monoisotopic (exact) mass is 366 g/mol. The minimum Gasteiger partial charge on any atom is -0.381 e. The number of hydrogen-bond acceptors (Lipinski definition) is 5. The third kappa shape index (κ3) is 3.26. The van der Waals surface area contributed by atoms with Gasteiger partial charge < -0.3 is 14.6 Å². The zero-order chi connectivity index (χ0) is 18.2.